The quantitative estimate of drug-likeness (QED) is 0.418. The van der Waals surface area contributed by atoms with E-state index in [0.717, 1.165) is 12.3 Å². The summed E-state index contributed by atoms with van der Waals surface area (Å²) in [6.07, 6.45) is 0.889. The number of halogens is 3. The molecule has 1 atom stereocenters. The van der Waals surface area contributed by atoms with Crippen molar-refractivity contribution >= 4 is 28.9 Å². The highest BCUT2D eigenvalue weighted by molar-refractivity contribution is 6.43. The smallest absolute Gasteiger partial charge is 0.258 e. The molecule has 4 rings (SSSR count). The zero-order chi connectivity index (χ0) is 24.6. The van der Waals surface area contributed by atoms with Crippen molar-refractivity contribution in [3.8, 4) is 5.75 Å². The fraction of sp³-hybridized carbons (Fsp3) is 0.348. The summed E-state index contributed by atoms with van der Waals surface area (Å²) in [7, 11) is 0. The van der Waals surface area contributed by atoms with Crippen molar-refractivity contribution in [2.75, 3.05) is 32.9 Å². The zero-order valence-corrected chi connectivity index (χ0v) is 19.4. The number of aliphatic imine (C=N–C) groups is 1. The molecule has 0 aromatic heterocycles. The molecule has 3 N–H and O–H groups in total. The molecule has 0 radical (unpaired) electrons. The van der Waals surface area contributed by atoms with Crippen molar-refractivity contribution in [2.45, 2.75) is 19.9 Å². The molecule has 2 saturated heterocycles. The number of nitrogens with one attached hydrogen (secondary N) is 2. The molecule has 180 valence electrons. The molecule has 34 heavy (non-hydrogen) atoms. The van der Waals surface area contributed by atoms with E-state index in [9.17, 15) is 18.7 Å². The number of likely N-dealkylation sites (tertiary alicyclic amines) is 1. The molecule has 11 heteroatoms. The maximum absolute atomic E-state index is 13.9. The molecular weight excluding hydrogens is 468 g/mol. The highest BCUT2D eigenvalue weighted by Gasteiger charge is 2.41. The van der Waals surface area contributed by atoms with Crippen LogP contribution in [-0.2, 0) is 0 Å². The van der Waals surface area contributed by atoms with Crippen LogP contribution in [0.3, 0.4) is 0 Å². The van der Waals surface area contributed by atoms with Gasteiger partial charge in [0.25, 0.3) is 5.91 Å². The second kappa shape index (κ2) is 9.46. The van der Waals surface area contributed by atoms with E-state index >= 15 is 0 Å². The number of aliphatic hydroxyl groups is 1. The maximum atomic E-state index is 13.9. The van der Waals surface area contributed by atoms with Crippen molar-refractivity contribution in [1.29, 1.82) is 5.41 Å². The highest BCUT2D eigenvalue weighted by atomic mass is 35.5. The number of aliphatic hydroxyl groups excluding tert-OH is 1. The molecule has 2 fully saturated rings. The molecule has 3 heterocycles. The number of allylic oxidation sites excluding steroid dienone is 2. The molecule has 0 spiro atoms. The summed E-state index contributed by atoms with van der Waals surface area (Å²) >= 11 is 6.18. The maximum Gasteiger partial charge on any atom is 0.258 e. The summed E-state index contributed by atoms with van der Waals surface area (Å²) in [5.74, 6) is -0.489. The summed E-state index contributed by atoms with van der Waals surface area (Å²) in [4.78, 5) is 20.8. The van der Waals surface area contributed by atoms with E-state index in [2.05, 4.69) is 10.3 Å². The van der Waals surface area contributed by atoms with E-state index in [4.69, 9.17) is 21.7 Å². The Morgan fingerprint density at radius 3 is 2.85 bits per heavy atom. The van der Waals surface area contributed by atoms with Crippen LogP contribution in [0.25, 0.3) is 0 Å². The summed E-state index contributed by atoms with van der Waals surface area (Å²) in [6.45, 7) is 3.31. The van der Waals surface area contributed by atoms with E-state index < -0.39 is 18.4 Å². The van der Waals surface area contributed by atoms with Crippen LogP contribution in [0, 0.1) is 11.2 Å². The Labute approximate surface area is 200 Å². The lowest BCUT2D eigenvalue weighted by Crippen LogP contribution is -2.29. The molecule has 0 bridgehead atoms. The average molecular weight is 492 g/mol. The van der Waals surface area contributed by atoms with Gasteiger partial charge in [0.2, 0.25) is 0 Å². The SMILES string of the molecule is CC1=N/C(=C2\CN(C(=O)c3ccc(F)cc3OCC3/C(=C\O)N3CCF)CC2=N)NC(C)=C1Cl. The lowest BCUT2D eigenvalue weighted by atomic mass is 10.1. The van der Waals surface area contributed by atoms with Gasteiger partial charge in [-0.15, -0.1) is 0 Å². The number of amides is 1. The third kappa shape index (κ3) is 4.50. The van der Waals surface area contributed by atoms with Crippen molar-refractivity contribution in [1.82, 2.24) is 15.1 Å². The third-order valence-electron chi connectivity index (χ3n) is 5.88. The average Bonchev–Trinajstić information content (AvgIpc) is 3.33. The van der Waals surface area contributed by atoms with E-state index in [0.29, 0.717) is 33.5 Å². The molecule has 1 aromatic rings. The van der Waals surface area contributed by atoms with Gasteiger partial charge in [0, 0.05) is 23.9 Å². The number of hydrogen-bond acceptors (Lipinski definition) is 7. The van der Waals surface area contributed by atoms with Crippen LogP contribution >= 0.6 is 11.6 Å². The Bertz CT molecular complexity index is 1180. The number of carbonyl (C=O) groups excluding carboxylic acids is 1. The van der Waals surface area contributed by atoms with E-state index in [-0.39, 0.29) is 49.3 Å². The van der Waals surface area contributed by atoms with Gasteiger partial charge in [-0.25, -0.2) is 13.8 Å². The number of ether oxygens (including phenoxy) is 1. The topological polar surface area (TPSA) is 101 Å². The van der Waals surface area contributed by atoms with E-state index in [1.807, 2.05) is 0 Å². The minimum absolute atomic E-state index is 0.0194. The Morgan fingerprint density at radius 1 is 1.41 bits per heavy atom. The molecule has 0 saturated carbocycles. The van der Waals surface area contributed by atoms with E-state index in [1.54, 1.807) is 18.7 Å². The number of alkyl halides is 1. The molecule has 3 aliphatic rings. The minimum Gasteiger partial charge on any atom is -0.514 e. The van der Waals surface area contributed by atoms with Gasteiger partial charge in [-0.05, 0) is 26.0 Å². The fourth-order valence-corrected chi connectivity index (χ4v) is 4.11. The van der Waals surface area contributed by atoms with Crippen LogP contribution in [0.2, 0.25) is 0 Å². The van der Waals surface area contributed by atoms with Gasteiger partial charge < -0.3 is 30.4 Å². The molecule has 1 unspecified atom stereocenters. The monoisotopic (exact) mass is 491 g/mol. The Balaban J connectivity index is 1.52. The van der Waals surface area contributed by atoms with Crippen molar-refractivity contribution in [2.24, 2.45) is 4.99 Å². The third-order valence-corrected chi connectivity index (χ3v) is 6.43. The van der Waals surface area contributed by atoms with Crippen LogP contribution in [0.1, 0.15) is 24.2 Å². The first-order valence-electron chi connectivity index (χ1n) is 10.6. The van der Waals surface area contributed by atoms with Crippen LogP contribution < -0.4 is 10.1 Å². The summed E-state index contributed by atoms with van der Waals surface area (Å²) in [6, 6.07) is 3.28. The summed E-state index contributed by atoms with van der Waals surface area (Å²) in [5.41, 5.74) is 2.79. The summed E-state index contributed by atoms with van der Waals surface area (Å²) < 4.78 is 32.3. The lowest BCUT2D eigenvalue weighted by Gasteiger charge is -2.19. The van der Waals surface area contributed by atoms with Gasteiger partial charge in [-0.3, -0.25) is 4.79 Å². The molecule has 1 aromatic carbocycles. The Morgan fingerprint density at radius 2 is 2.18 bits per heavy atom. The van der Waals surface area contributed by atoms with Gasteiger partial charge in [-0.1, -0.05) is 11.6 Å². The number of carbonyl (C=O) groups is 1. The van der Waals surface area contributed by atoms with Gasteiger partial charge in [0.1, 0.15) is 43.0 Å². The summed E-state index contributed by atoms with van der Waals surface area (Å²) in [5, 5.41) is 21.2. The van der Waals surface area contributed by atoms with Crippen LogP contribution in [-0.4, -0.2) is 71.2 Å². The molecule has 8 nitrogen and oxygen atoms in total. The zero-order valence-electron chi connectivity index (χ0n) is 18.7. The lowest BCUT2D eigenvalue weighted by molar-refractivity contribution is 0.0799. The largest absolute Gasteiger partial charge is 0.514 e. The Hall–Kier alpha value is -3.40. The minimum atomic E-state index is -0.587. The first-order valence-corrected chi connectivity index (χ1v) is 11.0. The number of nitrogens with zero attached hydrogens (tertiary/aromatic N) is 3. The first kappa shape index (κ1) is 23.7. The predicted octanol–water partition coefficient (Wildman–Crippen LogP) is 3.48. The van der Waals surface area contributed by atoms with Crippen molar-refractivity contribution in [3.05, 3.63) is 63.7 Å². The Kier molecular flexibility index (Phi) is 6.60. The second-order valence-electron chi connectivity index (χ2n) is 8.13. The van der Waals surface area contributed by atoms with E-state index in [1.165, 1.54) is 17.0 Å². The van der Waals surface area contributed by atoms with Crippen molar-refractivity contribution < 1.29 is 23.4 Å². The van der Waals surface area contributed by atoms with Crippen LogP contribution in [0.15, 0.2) is 57.3 Å². The molecule has 0 aliphatic carbocycles. The fourth-order valence-electron chi connectivity index (χ4n) is 4.03. The normalized spacial score (nSPS) is 23.4. The van der Waals surface area contributed by atoms with Gasteiger partial charge >= 0.3 is 0 Å². The number of rotatable bonds is 6. The van der Waals surface area contributed by atoms with Gasteiger partial charge in [0.05, 0.1) is 40.8 Å². The molecular formula is C23H24ClF2N5O3. The molecule has 3 aliphatic heterocycles. The highest BCUT2D eigenvalue weighted by Crippen LogP contribution is 2.33. The number of hydrogen-bond donors (Lipinski definition) is 3. The van der Waals surface area contributed by atoms with Crippen LogP contribution in [0.5, 0.6) is 5.75 Å². The van der Waals surface area contributed by atoms with Crippen molar-refractivity contribution in [3.63, 3.8) is 0 Å². The van der Waals surface area contributed by atoms with Crippen LogP contribution in [0.4, 0.5) is 8.78 Å². The van der Waals surface area contributed by atoms with Gasteiger partial charge in [-0.2, -0.15) is 0 Å². The van der Waals surface area contributed by atoms with Gasteiger partial charge in [0.15, 0.2) is 0 Å². The number of benzene rings is 1. The standard InChI is InChI=1S/C23H24ClF2N5O3/c1-12-21(24)13(2)29-22(28-12)16-8-30(9-17(16)27)23(33)15-4-3-14(26)7-20(15)34-11-19-18(10-32)31(19)6-5-25/h3-4,7,10,19,27-28,32H,5-6,8-9,11H2,1-2H3/b18-10+,22-16+,27-17?. The molecule has 1 amide bonds. The predicted molar refractivity (Wildman–Crippen MR) is 125 cm³/mol. The second-order valence-corrected chi connectivity index (χ2v) is 8.51. The first-order chi connectivity index (χ1) is 16.2.